The van der Waals surface area contributed by atoms with Gasteiger partial charge in [0.15, 0.2) is 0 Å². The smallest absolute Gasteiger partial charge is 0.243 e. The van der Waals surface area contributed by atoms with E-state index in [0.717, 1.165) is 30.4 Å². The summed E-state index contributed by atoms with van der Waals surface area (Å²) in [5, 5.41) is 2.13. The standard InChI is InChI=1S/C28H30N2O2S/c1-20-7-10-22(11-8-20)28-24-16-18-33-25(24)15-17-29(28)27(32)19-30(23-12-13-23)26(31)14-9-21-5-3-2-4-6-21/h2-8,10-11,16,18,23,28H,9,12-15,17,19H2,1H3. The number of hydrogen-bond donors (Lipinski definition) is 0. The van der Waals surface area contributed by atoms with E-state index in [-0.39, 0.29) is 30.4 Å². The summed E-state index contributed by atoms with van der Waals surface area (Å²) in [4.78, 5) is 32.0. The van der Waals surface area contributed by atoms with Gasteiger partial charge in [0.2, 0.25) is 11.8 Å². The van der Waals surface area contributed by atoms with Crippen molar-refractivity contribution >= 4 is 23.2 Å². The first kappa shape index (κ1) is 21.9. The minimum atomic E-state index is -0.0754. The lowest BCUT2D eigenvalue weighted by Gasteiger charge is -2.37. The highest BCUT2D eigenvalue weighted by molar-refractivity contribution is 7.10. The molecule has 0 bridgehead atoms. The highest BCUT2D eigenvalue weighted by Crippen LogP contribution is 2.38. The minimum absolute atomic E-state index is 0.0531. The molecule has 5 rings (SSSR count). The summed E-state index contributed by atoms with van der Waals surface area (Å²) < 4.78 is 0. The Labute approximate surface area is 199 Å². The van der Waals surface area contributed by atoms with Crippen LogP contribution in [0.4, 0.5) is 0 Å². The molecule has 0 N–H and O–H groups in total. The lowest BCUT2D eigenvalue weighted by atomic mass is 9.92. The van der Waals surface area contributed by atoms with Gasteiger partial charge in [-0.05, 0) is 60.7 Å². The summed E-state index contributed by atoms with van der Waals surface area (Å²) in [6.07, 6.45) is 4.04. The molecule has 0 radical (unpaired) electrons. The molecule has 2 aromatic carbocycles. The third-order valence-electron chi connectivity index (χ3n) is 6.76. The minimum Gasteiger partial charge on any atom is -0.330 e. The van der Waals surface area contributed by atoms with Gasteiger partial charge in [-0.2, -0.15) is 0 Å². The van der Waals surface area contributed by atoms with Gasteiger partial charge in [0.1, 0.15) is 6.54 Å². The Kier molecular flexibility index (Phi) is 6.32. The summed E-state index contributed by atoms with van der Waals surface area (Å²) in [5.41, 5.74) is 4.74. The van der Waals surface area contributed by atoms with Gasteiger partial charge in [-0.25, -0.2) is 0 Å². The van der Waals surface area contributed by atoms with Crippen LogP contribution in [0.5, 0.6) is 0 Å². The van der Waals surface area contributed by atoms with Crippen molar-refractivity contribution in [3.8, 4) is 0 Å². The van der Waals surface area contributed by atoms with Crippen molar-refractivity contribution in [2.75, 3.05) is 13.1 Å². The van der Waals surface area contributed by atoms with Gasteiger partial charge in [-0.3, -0.25) is 9.59 Å². The molecule has 2 heterocycles. The van der Waals surface area contributed by atoms with Crippen LogP contribution in [0.1, 0.15) is 52.4 Å². The number of carbonyl (C=O) groups is 2. The number of benzene rings is 2. The van der Waals surface area contributed by atoms with Gasteiger partial charge in [-0.15, -0.1) is 11.3 Å². The maximum atomic E-state index is 13.6. The number of rotatable bonds is 7. The molecule has 1 saturated carbocycles. The largest absolute Gasteiger partial charge is 0.330 e. The van der Waals surface area contributed by atoms with E-state index in [1.54, 1.807) is 11.3 Å². The summed E-state index contributed by atoms with van der Waals surface area (Å²) >= 11 is 1.78. The summed E-state index contributed by atoms with van der Waals surface area (Å²) in [6, 6.07) is 20.9. The Hall–Kier alpha value is -2.92. The second kappa shape index (κ2) is 9.52. The van der Waals surface area contributed by atoms with Crippen LogP contribution in [0, 0.1) is 6.92 Å². The van der Waals surface area contributed by atoms with Crippen LogP contribution in [0.25, 0.3) is 0 Å². The first-order valence-electron chi connectivity index (χ1n) is 11.9. The van der Waals surface area contributed by atoms with E-state index in [9.17, 15) is 9.59 Å². The SMILES string of the molecule is Cc1ccc(C2c3ccsc3CCN2C(=O)CN(C(=O)CCc2ccccc2)C2CC2)cc1. The molecule has 0 saturated heterocycles. The molecule has 1 fully saturated rings. The fourth-order valence-electron chi connectivity index (χ4n) is 4.78. The number of carbonyl (C=O) groups excluding carboxylic acids is 2. The molecule has 2 amide bonds. The van der Waals surface area contributed by atoms with Crippen molar-refractivity contribution < 1.29 is 9.59 Å². The van der Waals surface area contributed by atoms with Crippen molar-refractivity contribution in [2.45, 2.75) is 51.1 Å². The second-order valence-corrected chi connectivity index (χ2v) is 10.2. The van der Waals surface area contributed by atoms with Crippen LogP contribution in [-0.4, -0.2) is 40.7 Å². The molecular formula is C28H30N2O2S. The van der Waals surface area contributed by atoms with Crippen molar-refractivity contribution in [1.29, 1.82) is 0 Å². The number of nitrogens with zero attached hydrogens (tertiary/aromatic N) is 2. The quantitative estimate of drug-likeness (QED) is 0.491. The number of fused-ring (bicyclic) bond motifs is 1. The molecule has 33 heavy (non-hydrogen) atoms. The average molecular weight is 459 g/mol. The van der Waals surface area contributed by atoms with E-state index in [1.807, 2.05) is 28.0 Å². The Morgan fingerprint density at radius 2 is 1.79 bits per heavy atom. The average Bonchev–Trinajstić information content (AvgIpc) is 3.57. The van der Waals surface area contributed by atoms with E-state index in [1.165, 1.54) is 16.0 Å². The monoisotopic (exact) mass is 458 g/mol. The summed E-state index contributed by atoms with van der Waals surface area (Å²) in [7, 11) is 0. The Morgan fingerprint density at radius 3 is 2.52 bits per heavy atom. The first-order chi connectivity index (χ1) is 16.1. The molecule has 2 aliphatic rings. The second-order valence-electron chi connectivity index (χ2n) is 9.19. The molecular weight excluding hydrogens is 428 g/mol. The Balaban J connectivity index is 1.33. The van der Waals surface area contributed by atoms with E-state index in [4.69, 9.17) is 0 Å². The number of aryl methyl sites for hydroxylation is 2. The lowest BCUT2D eigenvalue weighted by Crippen LogP contribution is -2.47. The van der Waals surface area contributed by atoms with Crippen LogP contribution in [0.2, 0.25) is 0 Å². The van der Waals surface area contributed by atoms with E-state index in [2.05, 4.69) is 54.8 Å². The molecule has 4 nitrogen and oxygen atoms in total. The van der Waals surface area contributed by atoms with Gasteiger partial charge < -0.3 is 9.80 Å². The Morgan fingerprint density at radius 1 is 1.03 bits per heavy atom. The molecule has 1 aliphatic heterocycles. The Bertz CT molecular complexity index is 1120. The third-order valence-corrected chi connectivity index (χ3v) is 7.76. The van der Waals surface area contributed by atoms with E-state index >= 15 is 0 Å². The molecule has 1 atom stereocenters. The van der Waals surface area contributed by atoms with Crippen LogP contribution in [0.15, 0.2) is 66.0 Å². The zero-order chi connectivity index (χ0) is 22.8. The van der Waals surface area contributed by atoms with Crippen LogP contribution in [0.3, 0.4) is 0 Å². The van der Waals surface area contributed by atoms with Crippen LogP contribution >= 0.6 is 11.3 Å². The fraction of sp³-hybridized carbons (Fsp3) is 0.357. The number of amides is 2. The normalized spacial score (nSPS) is 17.5. The van der Waals surface area contributed by atoms with Crippen LogP contribution < -0.4 is 0 Å². The summed E-state index contributed by atoms with van der Waals surface area (Å²) in [6.45, 7) is 2.96. The highest BCUT2D eigenvalue weighted by Gasteiger charge is 2.37. The summed E-state index contributed by atoms with van der Waals surface area (Å²) in [5.74, 6) is 0.146. The van der Waals surface area contributed by atoms with Crippen molar-refractivity contribution in [3.05, 3.63) is 93.2 Å². The maximum Gasteiger partial charge on any atom is 0.243 e. The molecule has 1 unspecified atom stereocenters. The van der Waals surface area contributed by atoms with Gasteiger partial charge >= 0.3 is 0 Å². The van der Waals surface area contributed by atoms with Gasteiger partial charge in [0, 0.05) is 23.9 Å². The molecule has 0 spiro atoms. The lowest BCUT2D eigenvalue weighted by molar-refractivity contribution is -0.142. The zero-order valence-corrected chi connectivity index (χ0v) is 19.9. The maximum absolute atomic E-state index is 13.6. The number of thiophene rings is 1. The van der Waals surface area contributed by atoms with Crippen molar-refractivity contribution in [3.63, 3.8) is 0 Å². The fourth-order valence-corrected chi connectivity index (χ4v) is 5.68. The zero-order valence-electron chi connectivity index (χ0n) is 19.1. The topological polar surface area (TPSA) is 40.6 Å². The molecule has 1 aromatic heterocycles. The van der Waals surface area contributed by atoms with E-state index in [0.29, 0.717) is 19.4 Å². The first-order valence-corrected chi connectivity index (χ1v) is 12.7. The predicted octanol–water partition coefficient (Wildman–Crippen LogP) is 5.15. The van der Waals surface area contributed by atoms with Gasteiger partial charge in [0.05, 0.1) is 6.04 Å². The highest BCUT2D eigenvalue weighted by atomic mass is 32.1. The van der Waals surface area contributed by atoms with Crippen molar-refractivity contribution in [1.82, 2.24) is 9.80 Å². The van der Waals surface area contributed by atoms with Crippen LogP contribution in [-0.2, 0) is 22.4 Å². The molecule has 3 aromatic rings. The molecule has 1 aliphatic carbocycles. The molecule has 170 valence electrons. The predicted molar refractivity (Wildman–Crippen MR) is 132 cm³/mol. The third kappa shape index (κ3) is 4.88. The van der Waals surface area contributed by atoms with Gasteiger partial charge in [-0.1, -0.05) is 60.2 Å². The van der Waals surface area contributed by atoms with Gasteiger partial charge in [0.25, 0.3) is 0 Å². The van der Waals surface area contributed by atoms with E-state index < -0.39 is 0 Å². The molecule has 5 heteroatoms. The van der Waals surface area contributed by atoms with Crippen molar-refractivity contribution in [2.24, 2.45) is 0 Å². The number of hydrogen-bond acceptors (Lipinski definition) is 3.